The van der Waals surface area contributed by atoms with E-state index in [0.29, 0.717) is 12.2 Å². The van der Waals surface area contributed by atoms with Crippen LogP contribution in [-0.2, 0) is 6.54 Å². The lowest BCUT2D eigenvalue weighted by atomic mass is 10.1. The minimum Gasteiger partial charge on any atom is -0.368 e. The molecule has 0 spiro atoms. The Morgan fingerprint density at radius 2 is 1.75 bits per heavy atom. The van der Waals surface area contributed by atoms with Crippen molar-refractivity contribution in [2.75, 3.05) is 11.1 Å². The second-order valence-electron chi connectivity index (χ2n) is 7.86. The van der Waals surface area contributed by atoms with Gasteiger partial charge in [0.25, 0.3) is 0 Å². The Kier molecular flexibility index (Phi) is 6.40. The van der Waals surface area contributed by atoms with E-state index in [4.69, 9.17) is 10.8 Å². The number of nitrogens with two attached hydrogens (primary N) is 1. The molecule has 3 N–H and O–H groups in total. The Morgan fingerprint density at radius 1 is 0.972 bits per heavy atom. The molecule has 0 atom stereocenters. The minimum atomic E-state index is 0.00633. The number of para-hydroxylation sites is 1. The SMILES string of the molecule is N#C/C(=C/c1cn(Cc2ccccc2)nc1-c1cccnc1)c1nc(N)nc(Nc2ccccc2)n1. The van der Waals surface area contributed by atoms with Gasteiger partial charge >= 0.3 is 0 Å². The Hall–Kier alpha value is -5.36. The molecule has 9 nitrogen and oxygen atoms in total. The Balaban J connectivity index is 1.54. The normalized spacial score (nSPS) is 11.1. The molecule has 0 aliphatic rings. The average Bonchev–Trinajstić information content (AvgIpc) is 3.30. The zero-order valence-corrected chi connectivity index (χ0v) is 19.2. The molecule has 0 bridgehead atoms. The van der Waals surface area contributed by atoms with Gasteiger partial charge in [0.2, 0.25) is 11.9 Å². The number of nitrogens with one attached hydrogen (secondary N) is 1. The summed E-state index contributed by atoms with van der Waals surface area (Å²) in [6.45, 7) is 0.577. The lowest BCUT2D eigenvalue weighted by molar-refractivity contribution is 0.689. The van der Waals surface area contributed by atoms with Crippen molar-refractivity contribution in [1.82, 2.24) is 29.7 Å². The Labute approximate surface area is 207 Å². The lowest BCUT2D eigenvalue weighted by Gasteiger charge is -2.07. The van der Waals surface area contributed by atoms with E-state index in [0.717, 1.165) is 22.4 Å². The summed E-state index contributed by atoms with van der Waals surface area (Å²) in [5.41, 5.74) is 10.3. The molecule has 174 valence electrons. The van der Waals surface area contributed by atoms with Crippen molar-refractivity contribution in [2.45, 2.75) is 6.54 Å². The van der Waals surface area contributed by atoms with Crippen molar-refractivity contribution in [3.63, 3.8) is 0 Å². The van der Waals surface area contributed by atoms with Gasteiger partial charge in [0.1, 0.15) is 11.8 Å². The summed E-state index contributed by atoms with van der Waals surface area (Å²) in [4.78, 5) is 17.0. The predicted octanol–water partition coefficient (Wildman–Crippen LogP) is 4.57. The van der Waals surface area contributed by atoms with Gasteiger partial charge in [0.15, 0.2) is 5.82 Å². The first-order valence-corrected chi connectivity index (χ1v) is 11.2. The van der Waals surface area contributed by atoms with E-state index in [1.165, 1.54) is 0 Å². The summed E-state index contributed by atoms with van der Waals surface area (Å²) < 4.78 is 1.84. The van der Waals surface area contributed by atoms with E-state index in [2.05, 4.69) is 31.3 Å². The van der Waals surface area contributed by atoms with Crippen LogP contribution in [0.1, 0.15) is 17.0 Å². The van der Waals surface area contributed by atoms with Gasteiger partial charge in [-0.3, -0.25) is 9.67 Å². The van der Waals surface area contributed by atoms with Gasteiger partial charge < -0.3 is 11.1 Å². The standard InChI is InChI=1S/C27H21N9/c28-15-21(25-32-26(29)34-27(33-25)31-23-11-5-2-6-12-23)14-22-18-36(17-19-8-3-1-4-9-19)35-24(22)20-10-7-13-30-16-20/h1-14,16,18H,17H2,(H3,29,31,32,33,34)/b21-14-. The molecular formula is C27H21N9. The molecule has 0 radical (unpaired) electrons. The van der Waals surface area contributed by atoms with E-state index in [1.54, 1.807) is 18.5 Å². The van der Waals surface area contributed by atoms with Gasteiger partial charge in [0, 0.05) is 35.4 Å². The number of nitrogens with zero attached hydrogens (tertiary/aromatic N) is 7. The van der Waals surface area contributed by atoms with Gasteiger partial charge in [-0.2, -0.15) is 25.3 Å². The molecule has 9 heteroatoms. The number of nitriles is 1. The molecule has 0 saturated heterocycles. The highest BCUT2D eigenvalue weighted by Crippen LogP contribution is 2.26. The van der Waals surface area contributed by atoms with Gasteiger partial charge in [-0.15, -0.1) is 0 Å². The van der Waals surface area contributed by atoms with Crippen molar-refractivity contribution >= 4 is 29.2 Å². The van der Waals surface area contributed by atoms with Crippen molar-refractivity contribution in [1.29, 1.82) is 5.26 Å². The molecular weight excluding hydrogens is 450 g/mol. The maximum absolute atomic E-state index is 10.00. The van der Waals surface area contributed by atoms with E-state index in [-0.39, 0.29) is 23.3 Å². The van der Waals surface area contributed by atoms with Gasteiger partial charge in [-0.25, -0.2) is 0 Å². The number of pyridine rings is 1. The number of nitrogen functional groups attached to an aromatic ring is 1. The molecule has 3 aromatic heterocycles. The van der Waals surface area contributed by atoms with Crippen LogP contribution >= 0.6 is 0 Å². The van der Waals surface area contributed by atoms with Crippen molar-refractivity contribution < 1.29 is 0 Å². The molecule has 0 fully saturated rings. The summed E-state index contributed by atoms with van der Waals surface area (Å²) >= 11 is 0. The number of hydrogen-bond donors (Lipinski definition) is 2. The fraction of sp³-hybridized carbons (Fsp3) is 0.0370. The monoisotopic (exact) mass is 471 g/mol. The van der Waals surface area contributed by atoms with Crippen LogP contribution in [-0.4, -0.2) is 29.7 Å². The molecule has 36 heavy (non-hydrogen) atoms. The summed E-state index contributed by atoms with van der Waals surface area (Å²) in [6.07, 6.45) is 7.04. The van der Waals surface area contributed by atoms with Crippen LogP contribution in [0, 0.1) is 11.3 Å². The number of benzene rings is 2. The number of anilines is 3. The molecule has 3 heterocycles. The first-order valence-electron chi connectivity index (χ1n) is 11.2. The number of aromatic nitrogens is 6. The first kappa shape index (κ1) is 22.4. The van der Waals surface area contributed by atoms with E-state index in [9.17, 15) is 5.26 Å². The van der Waals surface area contributed by atoms with E-state index >= 15 is 0 Å². The molecule has 0 aliphatic heterocycles. The second-order valence-corrected chi connectivity index (χ2v) is 7.86. The molecule has 0 saturated carbocycles. The van der Waals surface area contributed by atoms with E-state index < -0.39 is 0 Å². The van der Waals surface area contributed by atoms with Crippen LogP contribution in [0.2, 0.25) is 0 Å². The van der Waals surface area contributed by atoms with Gasteiger partial charge in [-0.05, 0) is 35.9 Å². The topological polar surface area (TPSA) is 131 Å². The second kappa shape index (κ2) is 10.3. The molecule has 5 rings (SSSR count). The Morgan fingerprint density at radius 3 is 2.47 bits per heavy atom. The minimum absolute atomic E-state index is 0.00633. The third-order valence-corrected chi connectivity index (χ3v) is 5.26. The Bertz CT molecular complexity index is 1540. The fourth-order valence-corrected chi connectivity index (χ4v) is 3.64. The highest BCUT2D eigenvalue weighted by Gasteiger charge is 2.15. The van der Waals surface area contributed by atoms with Crippen LogP contribution in [0.15, 0.2) is 91.4 Å². The summed E-state index contributed by atoms with van der Waals surface area (Å²) in [5.74, 6) is 0.417. The molecule has 0 amide bonds. The zero-order chi connectivity index (χ0) is 24.7. The van der Waals surface area contributed by atoms with Crippen LogP contribution in [0.5, 0.6) is 0 Å². The first-order chi connectivity index (χ1) is 17.7. The maximum atomic E-state index is 10.00. The van der Waals surface area contributed by atoms with Gasteiger partial charge in [-0.1, -0.05) is 48.5 Å². The average molecular weight is 472 g/mol. The lowest BCUT2D eigenvalue weighted by Crippen LogP contribution is -2.06. The quantitative estimate of drug-likeness (QED) is 0.330. The highest BCUT2D eigenvalue weighted by atomic mass is 15.3. The van der Waals surface area contributed by atoms with Crippen LogP contribution in [0.4, 0.5) is 17.6 Å². The number of hydrogen-bond acceptors (Lipinski definition) is 8. The molecule has 0 unspecified atom stereocenters. The number of allylic oxidation sites excluding steroid dienone is 1. The molecule has 5 aromatic rings. The highest BCUT2D eigenvalue weighted by molar-refractivity contribution is 5.90. The summed E-state index contributed by atoms with van der Waals surface area (Å²) in [6, 6.07) is 25.4. The van der Waals surface area contributed by atoms with Crippen molar-refractivity contribution in [2.24, 2.45) is 0 Å². The molecule has 2 aromatic carbocycles. The van der Waals surface area contributed by atoms with Crippen molar-refractivity contribution in [3.8, 4) is 17.3 Å². The van der Waals surface area contributed by atoms with Crippen LogP contribution < -0.4 is 11.1 Å². The third-order valence-electron chi connectivity index (χ3n) is 5.26. The van der Waals surface area contributed by atoms with Crippen molar-refractivity contribution in [3.05, 3.63) is 108 Å². The largest absolute Gasteiger partial charge is 0.368 e. The van der Waals surface area contributed by atoms with Crippen LogP contribution in [0.3, 0.4) is 0 Å². The maximum Gasteiger partial charge on any atom is 0.232 e. The smallest absolute Gasteiger partial charge is 0.232 e. The summed E-state index contributed by atoms with van der Waals surface area (Å²) in [7, 11) is 0. The zero-order valence-electron chi connectivity index (χ0n) is 19.2. The van der Waals surface area contributed by atoms with Crippen LogP contribution in [0.25, 0.3) is 22.9 Å². The summed E-state index contributed by atoms with van der Waals surface area (Å²) in [5, 5.41) is 17.9. The fourth-order valence-electron chi connectivity index (χ4n) is 3.64. The van der Waals surface area contributed by atoms with E-state index in [1.807, 2.05) is 83.7 Å². The predicted molar refractivity (Wildman–Crippen MR) is 138 cm³/mol. The number of rotatable bonds is 7. The third kappa shape index (κ3) is 5.24. The molecule has 0 aliphatic carbocycles. The van der Waals surface area contributed by atoms with Gasteiger partial charge in [0.05, 0.1) is 12.1 Å².